The third-order valence-corrected chi connectivity index (χ3v) is 2.55. The van der Waals surface area contributed by atoms with Gasteiger partial charge in [-0.3, -0.25) is 0 Å². The summed E-state index contributed by atoms with van der Waals surface area (Å²) in [6.45, 7) is 6.00. The predicted octanol–water partition coefficient (Wildman–Crippen LogP) is 4.40. The molecule has 0 unspecified atom stereocenters. The average Bonchev–Trinajstić information content (AvgIpc) is 2.82. The van der Waals surface area contributed by atoms with E-state index in [1.54, 1.807) is 6.26 Å². The predicted molar refractivity (Wildman–Crippen MR) is 70.9 cm³/mol. The van der Waals surface area contributed by atoms with E-state index < -0.39 is 0 Å². The third-order valence-electron chi connectivity index (χ3n) is 2.55. The van der Waals surface area contributed by atoms with Crippen LogP contribution in [0.4, 0.5) is 5.69 Å². The van der Waals surface area contributed by atoms with Gasteiger partial charge in [0.05, 0.1) is 12.3 Å². The molecule has 1 aromatic carbocycles. The second-order valence-corrected chi connectivity index (χ2v) is 4.24. The van der Waals surface area contributed by atoms with Crippen LogP contribution in [-0.4, -0.2) is 0 Å². The highest BCUT2D eigenvalue weighted by atomic mass is 16.3. The van der Waals surface area contributed by atoms with Crippen LogP contribution in [0.15, 0.2) is 65.3 Å². The van der Waals surface area contributed by atoms with Gasteiger partial charge in [-0.15, -0.1) is 6.58 Å². The molecule has 0 fully saturated rings. The zero-order valence-electron chi connectivity index (χ0n) is 10.0. The number of rotatable bonds is 5. The second-order valence-electron chi connectivity index (χ2n) is 4.24. The summed E-state index contributed by atoms with van der Waals surface area (Å²) in [7, 11) is 0. The average molecular weight is 227 g/mol. The van der Waals surface area contributed by atoms with Gasteiger partial charge in [-0.25, -0.2) is 0 Å². The topological polar surface area (TPSA) is 25.2 Å². The van der Waals surface area contributed by atoms with E-state index in [0.29, 0.717) is 0 Å². The van der Waals surface area contributed by atoms with Crippen LogP contribution in [0, 0.1) is 0 Å². The van der Waals surface area contributed by atoms with Crippen LogP contribution in [-0.2, 0) is 0 Å². The molecule has 88 valence electrons. The van der Waals surface area contributed by atoms with E-state index in [0.717, 1.165) is 23.4 Å². The van der Waals surface area contributed by atoms with Gasteiger partial charge in [0.2, 0.25) is 0 Å². The Labute approximate surface area is 102 Å². The molecule has 0 spiro atoms. The van der Waals surface area contributed by atoms with Crippen molar-refractivity contribution >= 4 is 5.69 Å². The first-order valence-corrected chi connectivity index (χ1v) is 5.75. The van der Waals surface area contributed by atoms with Crippen LogP contribution < -0.4 is 5.32 Å². The molecule has 2 nitrogen and oxygen atoms in total. The van der Waals surface area contributed by atoms with E-state index in [1.165, 1.54) is 0 Å². The van der Waals surface area contributed by atoms with E-state index in [1.807, 2.05) is 49.4 Å². The van der Waals surface area contributed by atoms with E-state index >= 15 is 0 Å². The van der Waals surface area contributed by atoms with Crippen molar-refractivity contribution in [2.45, 2.75) is 19.4 Å². The molecule has 0 amide bonds. The molecule has 2 aromatic rings. The molecule has 2 heteroatoms. The maximum atomic E-state index is 5.47. The number of para-hydroxylation sites is 1. The summed E-state index contributed by atoms with van der Waals surface area (Å²) in [4.78, 5) is 0. The molecule has 0 radical (unpaired) electrons. The maximum absolute atomic E-state index is 5.47. The van der Waals surface area contributed by atoms with Gasteiger partial charge in [-0.1, -0.05) is 23.8 Å². The van der Waals surface area contributed by atoms with Crippen LogP contribution in [0.3, 0.4) is 0 Å². The van der Waals surface area contributed by atoms with Crippen molar-refractivity contribution in [1.29, 1.82) is 0 Å². The zero-order chi connectivity index (χ0) is 12.1. The first-order valence-electron chi connectivity index (χ1n) is 5.75. The van der Waals surface area contributed by atoms with Gasteiger partial charge in [-0.05, 0) is 37.6 Å². The SMILES string of the molecule is C=C(C)C[C@H](Nc1ccccc1)c1ccco1. The molecule has 1 aromatic heterocycles. The molecule has 1 N–H and O–H groups in total. The number of benzene rings is 1. The number of nitrogens with one attached hydrogen (secondary N) is 1. The van der Waals surface area contributed by atoms with Crippen molar-refractivity contribution in [2.24, 2.45) is 0 Å². The Hall–Kier alpha value is -1.96. The molecular weight excluding hydrogens is 210 g/mol. The Bertz CT molecular complexity index is 459. The molecule has 1 atom stereocenters. The Balaban J connectivity index is 2.14. The van der Waals surface area contributed by atoms with Crippen LogP contribution in [0.25, 0.3) is 0 Å². The van der Waals surface area contributed by atoms with Gasteiger partial charge in [-0.2, -0.15) is 0 Å². The maximum Gasteiger partial charge on any atom is 0.126 e. The van der Waals surface area contributed by atoms with Crippen molar-refractivity contribution < 1.29 is 4.42 Å². The number of hydrogen-bond donors (Lipinski definition) is 1. The molecule has 0 bridgehead atoms. The number of hydrogen-bond acceptors (Lipinski definition) is 2. The highest BCUT2D eigenvalue weighted by molar-refractivity contribution is 5.44. The lowest BCUT2D eigenvalue weighted by Crippen LogP contribution is -2.10. The quantitative estimate of drug-likeness (QED) is 0.766. The van der Waals surface area contributed by atoms with Gasteiger partial charge in [0.1, 0.15) is 5.76 Å². The van der Waals surface area contributed by atoms with Crippen LogP contribution >= 0.6 is 0 Å². The Morgan fingerprint density at radius 3 is 2.59 bits per heavy atom. The molecular formula is C15H17NO. The molecule has 0 aliphatic rings. The van der Waals surface area contributed by atoms with E-state index in [4.69, 9.17) is 4.42 Å². The van der Waals surface area contributed by atoms with Crippen molar-refractivity contribution in [1.82, 2.24) is 0 Å². The fourth-order valence-electron chi connectivity index (χ4n) is 1.80. The first kappa shape index (κ1) is 11.5. The van der Waals surface area contributed by atoms with Gasteiger partial charge in [0.15, 0.2) is 0 Å². The standard InChI is InChI=1S/C15H17NO/c1-12(2)11-14(15-9-6-10-17-15)16-13-7-4-3-5-8-13/h3-10,14,16H,1,11H2,2H3/t14-/m0/s1. The molecule has 1 heterocycles. The summed E-state index contributed by atoms with van der Waals surface area (Å²) >= 11 is 0. The zero-order valence-corrected chi connectivity index (χ0v) is 10.0. The van der Waals surface area contributed by atoms with Gasteiger partial charge in [0.25, 0.3) is 0 Å². The van der Waals surface area contributed by atoms with Crippen molar-refractivity contribution in [2.75, 3.05) is 5.32 Å². The molecule has 17 heavy (non-hydrogen) atoms. The summed E-state index contributed by atoms with van der Waals surface area (Å²) in [5.74, 6) is 0.942. The largest absolute Gasteiger partial charge is 0.467 e. The lowest BCUT2D eigenvalue weighted by molar-refractivity contribution is 0.477. The lowest BCUT2D eigenvalue weighted by Gasteiger charge is -2.17. The van der Waals surface area contributed by atoms with E-state index in [-0.39, 0.29) is 6.04 Å². The van der Waals surface area contributed by atoms with Crippen LogP contribution in [0.5, 0.6) is 0 Å². The smallest absolute Gasteiger partial charge is 0.126 e. The minimum Gasteiger partial charge on any atom is -0.467 e. The number of furan rings is 1. The van der Waals surface area contributed by atoms with E-state index in [2.05, 4.69) is 11.9 Å². The third kappa shape index (κ3) is 3.25. The van der Waals surface area contributed by atoms with Crippen LogP contribution in [0.1, 0.15) is 25.1 Å². The van der Waals surface area contributed by atoms with Crippen molar-refractivity contribution in [3.8, 4) is 0 Å². The lowest BCUT2D eigenvalue weighted by atomic mass is 10.1. The van der Waals surface area contributed by atoms with Gasteiger partial charge >= 0.3 is 0 Å². The minimum atomic E-state index is 0.143. The summed E-state index contributed by atoms with van der Waals surface area (Å²) < 4.78 is 5.47. The van der Waals surface area contributed by atoms with E-state index in [9.17, 15) is 0 Å². The molecule has 0 saturated carbocycles. The van der Waals surface area contributed by atoms with Crippen molar-refractivity contribution in [3.05, 3.63) is 66.6 Å². The van der Waals surface area contributed by atoms with Gasteiger partial charge in [0, 0.05) is 5.69 Å². The molecule has 0 aliphatic carbocycles. The summed E-state index contributed by atoms with van der Waals surface area (Å²) in [5.41, 5.74) is 2.23. The highest BCUT2D eigenvalue weighted by Crippen LogP contribution is 2.25. The fourth-order valence-corrected chi connectivity index (χ4v) is 1.80. The Kier molecular flexibility index (Phi) is 3.66. The van der Waals surface area contributed by atoms with Crippen molar-refractivity contribution in [3.63, 3.8) is 0 Å². The summed E-state index contributed by atoms with van der Waals surface area (Å²) in [6.07, 6.45) is 2.57. The summed E-state index contributed by atoms with van der Waals surface area (Å²) in [6, 6.07) is 14.2. The highest BCUT2D eigenvalue weighted by Gasteiger charge is 2.13. The molecule has 0 saturated heterocycles. The molecule has 0 aliphatic heterocycles. The van der Waals surface area contributed by atoms with Crippen LogP contribution in [0.2, 0.25) is 0 Å². The number of anilines is 1. The summed E-state index contributed by atoms with van der Waals surface area (Å²) in [5, 5.41) is 3.46. The Morgan fingerprint density at radius 1 is 1.24 bits per heavy atom. The monoisotopic (exact) mass is 227 g/mol. The minimum absolute atomic E-state index is 0.143. The Morgan fingerprint density at radius 2 is 2.00 bits per heavy atom. The fraction of sp³-hybridized carbons (Fsp3) is 0.200. The van der Waals surface area contributed by atoms with Gasteiger partial charge < -0.3 is 9.73 Å². The second kappa shape index (κ2) is 5.39. The first-order chi connectivity index (χ1) is 8.25. The molecule has 2 rings (SSSR count). The normalized spacial score (nSPS) is 12.1.